The minimum absolute atomic E-state index is 0.127. The van der Waals surface area contributed by atoms with E-state index in [2.05, 4.69) is 6.58 Å². The highest BCUT2D eigenvalue weighted by molar-refractivity contribution is 5.70. The van der Waals surface area contributed by atoms with Crippen LogP contribution in [0.4, 0.5) is 0 Å². The lowest BCUT2D eigenvalue weighted by Crippen LogP contribution is -2.15. The molecule has 1 saturated carbocycles. The Morgan fingerprint density at radius 1 is 1.80 bits per heavy atom. The molecule has 0 amide bonds. The zero-order valence-corrected chi connectivity index (χ0v) is 6.22. The molecular weight excluding hydrogens is 128 g/mol. The van der Waals surface area contributed by atoms with E-state index in [-0.39, 0.29) is 11.6 Å². The van der Waals surface area contributed by atoms with E-state index in [0.717, 1.165) is 12.8 Å². The highest BCUT2D eigenvalue weighted by Gasteiger charge is 2.43. The molecule has 2 heteroatoms. The molecule has 1 aliphatic carbocycles. The van der Waals surface area contributed by atoms with Crippen LogP contribution in [0.15, 0.2) is 12.7 Å². The standard InChI is InChI=1S/C8H12O2/c1-3-7(9)10-8(4-2)5-6-8/h4H,2-3,5-6H2,1H3. The van der Waals surface area contributed by atoms with Crippen LogP contribution in [-0.4, -0.2) is 11.6 Å². The monoisotopic (exact) mass is 140 g/mol. The topological polar surface area (TPSA) is 26.3 Å². The Kier molecular flexibility index (Phi) is 1.79. The third-order valence-electron chi connectivity index (χ3n) is 1.72. The fourth-order valence-corrected chi connectivity index (χ4v) is 0.770. The summed E-state index contributed by atoms with van der Waals surface area (Å²) < 4.78 is 5.09. The van der Waals surface area contributed by atoms with Crippen LogP contribution in [0.5, 0.6) is 0 Å². The summed E-state index contributed by atoms with van der Waals surface area (Å²) in [4.78, 5) is 10.8. The SMILES string of the molecule is C=CC1(OC(=O)CC)CC1. The van der Waals surface area contributed by atoms with Gasteiger partial charge in [0.05, 0.1) is 0 Å². The van der Waals surface area contributed by atoms with Crippen molar-refractivity contribution in [1.82, 2.24) is 0 Å². The van der Waals surface area contributed by atoms with Crippen molar-refractivity contribution in [3.8, 4) is 0 Å². The number of rotatable bonds is 3. The van der Waals surface area contributed by atoms with Crippen LogP contribution in [-0.2, 0) is 9.53 Å². The summed E-state index contributed by atoms with van der Waals surface area (Å²) in [5, 5.41) is 0. The van der Waals surface area contributed by atoms with Gasteiger partial charge in [-0.05, 0) is 18.9 Å². The molecule has 0 saturated heterocycles. The van der Waals surface area contributed by atoms with Gasteiger partial charge in [-0.15, -0.1) is 0 Å². The van der Waals surface area contributed by atoms with Crippen molar-refractivity contribution in [3.63, 3.8) is 0 Å². The molecule has 0 unspecified atom stereocenters. The van der Waals surface area contributed by atoms with Gasteiger partial charge in [-0.25, -0.2) is 0 Å². The molecule has 0 aliphatic heterocycles. The highest BCUT2D eigenvalue weighted by Crippen LogP contribution is 2.40. The van der Waals surface area contributed by atoms with Crippen molar-refractivity contribution >= 4 is 5.97 Å². The van der Waals surface area contributed by atoms with Crippen molar-refractivity contribution in [2.75, 3.05) is 0 Å². The molecule has 1 rings (SSSR count). The predicted molar refractivity (Wildman–Crippen MR) is 38.5 cm³/mol. The van der Waals surface area contributed by atoms with E-state index in [1.165, 1.54) is 0 Å². The van der Waals surface area contributed by atoms with Crippen molar-refractivity contribution in [2.24, 2.45) is 0 Å². The first kappa shape index (κ1) is 7.32. The average molecular weight is 140 g/mol. The van der Waals surface area contributed by atoms with Gasteiger partial charge in [-0.3, -0.25) is 4.79 Å². The van der Waals surface area contributed by atoms with Gasteiger partial charge in [0, 0.05) is 6.42 Å². The molecule has 0 spiro atoms. The first-order valence-electron chi connectivity index (χ1n) is 3.58. The minimum Gasteiger partial charge on any atom is -0.455 e. The first-order chi connectivity index (χ1) is 4.72. The van der Waals surface area contributed by atoms with Crippen LogP contribution in [0.25, 0.3) is 0 Å². The number of hydrogen-bond acceptors (Lipinski definition) is 2. The van der Waals surface area contributed by atoms with Gasteiger partial charge in [-0.2, -0.15) is 0 Å². The van der Waals surface area contributed by atoms with Crippen LogP contribution in [0.2, 0.25) is 0 Å². The van der Waals surface area contributed by atoms with E-state index in [1.54, 1.807) is 13.0 Å². The number of ether oxygens (including phenoxy) is 1. The lowest BCUT2D eigenvalue weighted by Gasteiger charge is -2.09. The largest absolute Gasteiger partial charge is 0.455 e. The van der Waals surface area contributed by atoms with Gasteiger partial charge >= 0.3 is 5.97 Å². The maximum absolute atomic E-state index is 10.8. The lowest BCUT2D eigenvalue weighted by atomic mass is 10.3. The number of carbonyl (C=O) groups excluding carboxylic acids is 1. The van der Waals surface area contributed by atoms with E-state index in [1.807, 2.05) is 0 Å². The first-order valence-corrected chi connectivity index (χ1v) is 3.58. The van der Waals surface area contributed by atoms with Crippen molar-refractivity contribution < 1.29 is 9.53 Å². The highest BCUT2D eigenvalue weighted by atomic mass is 16.6. The van der Waals surface area contributed by atoms with Gasteiger partial charge in [0.2, 0.25) is 0 Å². The second kappa shape index (κ2) is 2.45. The molecule has 1 aliphatic rings. The molecule has 0 N–H and O–H groups in total. The molecule has 0 atom stereocenters. The van der Waals surface area contributed by atoms with Crippen molar-refractivity contribution in [2.45, 2.75) is 31.8 Å². The Bertz CT molecular complexity index is 157. The Morgan fingerprint density at radius 2 is 2.40 bits per heavy atom. The molecule has 0 aromatic heterocycles. The summed E-state index contributed by atoms with van der Waals surface area (Å²) in [6.45, 7) is 5.40. The molecule has 0 heterocycles. The summed E-state index contributed by atoms with van der Waals surface area (Å²) >= 11 is 0. The van der Waals surface area contributed by atoms with Crippen LogP contribution in [0, 0.1) is 0 Å². The van der Waals surface area contributed by atoms with Crippen molar-refractivity contribution in [3.05, 3.63) is 12.7 Å². The summed E-state index contributed by atoms with van der Waals surface area (Å²) in [5.41, 5.74) is -0.271. The van der Waals surface area contributed by atoms with Crippen LogP contribution < -0.4 is 0 Å². The number of carbonyl (C=O) groups is 1. The van der Waals surface area contributed by atoms with Gasteiger partial charge in [0.1, 0.15) is 5.60 Å². The van der Waals surface area contributed by atoms with E-state index < -0.39 is 0 Å². The zero-order valence-electron chi connectivity index (χ0n) is 6.22. The third-order valence-corrected chi connectivity index (χ3v) is 1.72. The molecule has 56 valence electrons. The van der Waals surface area contributed by atoms with Gasteiger partial charge in [0.25, 0.3) is 0 Å². The Hall–Kier alpha value is -0.790. The summed E-state index contributed by atoms with van der Waals surface area (Å²) in [7, 11) is 0. The van der Waals surface area contributed by atoms with E-state index in [9.17, 15) is 4.79 Å². The van der Waals surface area contributed by atoms with Gasteiger partial charge in [-0.1, -0.05) is 13.5 Å². The number of esters is 1. The van der Waals surface area contributed by atoms with Crippen molar-refractivity contribution in [1.29, 1.82) is 0 Å². The van der Waals surface area contributed by atoms with E-state index in [4.69, 9.17) is 4.74 Å². The molecule has 0 aromatic carbocycles. The van der Waals surface area contributed by atoms with E-state index >= 15 is 0 Å². The quantitative estimate of drug-likeness (QED) is 0.440. The Morgan fingerprint density at radius 3 is 2.70 bits per heavy atom. The zero-order chi connectivity index (χ0) is 7.61. The van der Waals surface area contributed by atoms with Crippen LogP contribution in [0.3, 0.4) is 0 Å². The minimum atomic E-state index is -0.271. The van der Waals surface area contributed by atoms with Gasteiger partial charge in [0.15, 0.2) is 0 Å². The van der Waals surface area contributed by atoms with Gasteiger partial charge < -0.3 is 4.74 Å². The predicted octanol–water partition coefficient (Wildman–Crippen LogP) is 1.66. The second-order valence-corrected chi connectivity index (χ2v) is 2.60. The average Bonchev–Trinajstić information content (AvgIpc) is 2.70. The number of hydrogen-bond donors (Lipinski definition) is 0. The fourth-order valence-electron chi connectivity index (χ4n) is 0.770. The molecule has 0 bridgehead atoms. The van der Waals surface area contributed by atoms with Crippen LogP contribution in [0.1, 0.15) is 26.2 Å². The lowest BCUT2D eigenvalue weighted by molar-refractivity contribution is -0.148. The summed E-state index contributed by atoms with van der Waals surface area (Å²) in [6.07, 6.45) is 4.07. The molecule has 10 heavy (non-hydrogen) atoms. The molecule has 0 radical (unpaired) electrons. The molecule has 2 nitrogen and oxygen atoms in total. The Balaban J connectivity index is 2.37. The maximum Gasteiger partial charge on any atom is 0.306 e. The van der Waals surface area contributed by atoms with E-state index in [0.29, 0.717) is 6.42 Å². The molecular formula is C8H12O2. The summed E-state index contributed by atoms with van der Waals surface area (Å²) in [5.74, 6) is -0.127. The Labute approximate surface area is 60.9 Å². The molecule has 0 aromatic rings. The second-order valence-electron chi connectivity index (χ2n) is 2.60. The fraction of sp³-hybridized carbons (Fsp3) is 0.625. The maximum atomic E-state index is 10.8. The molecule has 1 fully saturated rings. The van der Waals surface area contributed by atoms with Crippen LogP contribution >= 0.6 is 0 Å². The smallest absolute Gasteiger partial charge is 0.306 e. The summed E-state index contributed by atoms with van der Waals surface area (Å²) in [6, 6.07) is 0. The third kappa shape index (κ3) is 1.38. The normalized spacial score (nSPS) is 19.7.